The fraction of sp³-hybridized carbons (Fsp3) is 0.143. The molecule has 0 spiro atoms. The molecule has 4 nitrogen and oxygen atoms in total. The van der Waals surface area contributed by atoms with Crippen LogP contribution in [0.1, 0.15) is 18.6 Å². The number of aliphatic hydroxyl groups is 1. The van der Waals surface area contributed by atoms with Gasteiger partial charge in [-0.3, -0.25) is 4.72 Å². The Hall–Kier alpha value is -0.890. The molecule has 0 aliphatic carbocycles. The third-order valence-corrected chi connectivity index (χ3v) is 5.67. The Morgan fingerprint density at radius 2 is 1.81 bits per heavy atom. The molecule has 0 aliphatic rings. The van der Waals surface area contributed by atoms with Crippen molar-refractivity contribution in [3.63, 3.8) is 0 Å². The SMILES string of the molecule is CC(O)c1ccccc1NS(=O)(=O)c1ccc(Br)cc1Br. The van der Waals surface area contributed by atoms with Gasteiger partial charge in [0.1, 0.15) is 4.90 Å². The maximum absolute atomic E-state index is 12.5. The zero-order valence-corrected chi connectivity index (χ0v) is 15.0. The Kier molecular flexibility index (Phi) is 5.08. The van der Waals surface area contributed by atoms with Gasteiger partial charge in [0.05, 0.1) is 11.8 Å². The zero-order chi connectivity index (χ0) is 15.6. The van der Waals surface area contributed by atoms with Gasteiger partial charge in [0.25, 0.3) is 10.0 Å². The molecule has 0 aromatic heterocycles. The smallest absolute Gasteiger partial charge is 0.263 e. The van der Waals surface area contributed by atoms with E-state index in [1.807, 2.05) is 0 Å². The second-order valence-electron chi connectivity index (χ2n) is 4.44. The van der Waals surface area contributed by atoms with Gasteiger partial charge < -0.3 is 5.11 Å². The Balaban J connectivity index is 2.43. The average molecular weight is 435 g/mol. The number of nitrogens with one attached hydrogen (secondary N) is 1. The van der Waals surface area contributed by atoms with Crippen molar-refractivity contribution in [1.29, 1.82) is 0 Å². The summed E-state index contributed by atoms with van der Waals surface area (Å²) in [5, 5.41) is 9.71. The van der Waals surface area contributed by atoms with E-state index in [0.717, 1.165) is 4.47 Å². The number of aliphatic hydroxyl groups excluding tert-OH is 1. The van der Waals surface area contributed by atoms with E-state index < -0.39 is 16.1 Å². The quantitative estimate of drug-likeness (QED) is 0.762. The standard InChI is InChI=1S/C14H13Br2NO3S/c1-9(18)11-4-2-3-5-13(11)17-21(19,20)14-7-6-10(15)8-12(14)16/h2-9,17-18H,1H3. The summed E-state index contributed by atoms with van der Waals surface area (Å²) in [6.07, 6.45) is -0.766. The molecule has 0 saturated heterocycles. The Bertz CT molecular complexity index is 761. The molecular weight excluding hydrogens is 422 g/mol. The predicted octanol–water partition coefficient (Wildman–Crippen LogP) is 4.07. The third kappa shape index (κ3) is 3.85. The number of benzene rings is 2. The number of para-hydroxylation sites is 1. The van der Waals surface area contributed by atoms with Gasteiger partial charge in [0, 0.05) is 14.5 Å². The van der Waals surface area contributed by atoms with Crippen molar-refractivity contribution in [2.75, 3.05) is 4.72 Å². The fourth-order valence-corrected chi connectivity index (χ4v) is 4.68. The van der Waals surface area contributed by atoms with E-state index in [9.17, 15) is 13.5 Å². The molecular formula is C14H13Br2NO3S. The molecule has 0 amide bonds. The van der Waals surface area contributed by atoms with Crippen molar-refractivity contribution in [3.05, 3.63) is 57.0 Å². The van der Waals surface area contributed by atoms with Gasteiger partial charge in [-0.15, -0.1) is 0 Å². The molecule has 1 unspecified atom stereocenters. The lowest BCUT2D eigenvalue weighted by Crippen LogP contribution is -2.15. The lowest BCUT2D eigenvalue weighted by atomic mass is 10.1. The van der Waals surface area contributed by atoms with Gasteiger partial charge in [0.15, 0.2) is 0 Å². The normalized spacial score (nSPS) is 13.0. The number of hydrogen-bond acceptors (Lipinski definition) is 3. The summed E-state index contributed by atoms with van der Waals surface area (Å²) in [5.41, 5.74) is 0.886. The maximum Gasteiger partial charge on any atom is 0.263 e. The second-order valence-corrected chi connectivity index (χ2v) is 7.86. The molecule has 1 atom stereocenters. The highest BCUT2D eigenvalue weighted by Crippen LogP contribution is 2.29. The van der Waals surface area contributed by atoms with Gasteiger partial charge >= 0.3 is 0 Å². The Morgan fingerprint density at radius 1 is 1.14 bits per heavy atom. The van der Waals surface area contributed by atoms with Crippen LogP contribution in [0.4, 0.5) is 5.69 Å². The Morgan fingerprint density at radius 3 is 2.43 bits per heavy atom. The number of rotatable bonds is 4. The molecule has 21 heavy (non-hydrogen) atoms. The van der Waals surface area contributed by atoms with E-state index in [-0.39, 0.29) is 4.90 Å². The van der Waals surface area contributed by atoms with Gasteiger partial charge in [-0.1, -0.05) is 34.1 Å². The molecule has 0 bridgehead atoms. The third-order valence-electron chi connectivity index (χ3n) is 2.84. The van der Waals surface area contributed by atoms with E-state index in [2.05, 4.69) is 36.6 Å². The van der Waals surface area contributed by atoms with Crippen molar-refractivity contribution in [3.8, 4) is 0 Å². The summed E-state index contributed by atoms with van der Waals surface area (Å²) in [6, 6.07) is 11.6. The van der Waals surface area contributed by atoms with Gasteiger partial charge in [-0.05, 0) is 47.1 Å². The highest BCUT2D eigenvalue weighted by atomic mass is 79.9. The van der Waals surface area contributed by atoms with E-state index >= 15 is 0 Å². The van der Waals surface area contributed by atoms with Crippen LogP contribution in [0.25, 0.3) is 0 Å². The molecule has 2 N–H and O–H groups in total. The van der Waals surface area contributed by atoms with Crippen molar-refractivity contribution in [2.24, 2.45) is 0 Å². The summed E-state index contributed by atoms with van der Waals surface area (Å²) in [5.74, 6) is 0. The lowest BCUT2D eigenvalue weighted by molar-refractivity contribution is 0.200. The second kappa shape index (κ2) is 6.48. The maximum atomic E-state index is 12.5. The summed E-state index contributed by atoms with van der Waals surface area (Å²) >= 11 is 6.53. The van der Waals surface area contributed by atoms with Crippen LogP contribution < -0.4 is 4.72 Å². The highest BCUT2D eigenvalue weighted by molar-refractivity contribution is 9.11. The first kappa shape index (κ1) is 16.5. The molecule has 0 fully saturated rings. The van der Waals surface area contributed by atoms with Crippen molar-refractivity contribution in [1.82, 2.24) is 0 Å². The molecule has 0 radical (unpaired) electrons. The lowest BCUT2D eigenvalue weighted by Gasteiger charge is -2.15. The van der Waals surface area contributed by atoms with Crippen LogP contribution in [0.15, 0.2) is 56.3 Å². The summed E-state index contributed by atoms with van der Waals surface area (Å²) < 4.78 is 28.7. The topological polar surface area (TPSA) is 66.4 Å². The molecule has 2 rings (SSSR count). The average Bonchev–Trinajstić information content (AvgIpc) is 2.37. The molecule has 112 valence electrons. The molecule has 2 aromatic rings. The predicted molar refractivity (Wildman–Crippen MR) is 89.7 cm³/mol. The summed E-state index contributed by atoms with van der Waals surface area (Å²) in [7, 11) is -3.75. The Labute approximate surface area is 140 Å². The van der Waals surface area contributed by atoms with Crippen LogP contribution in [0, 0.1) is 0 Å². The largest absolute Gasteiger partial charge is 0.389 e. The van der Waals surface area contributed by atoms with E-state index in [1.165, 1.54) is 6.07 Å². The van der Waals surface area contributed by atoms with E-state index in [4.69, 9.17) is 0 Å². The summed E-state index contributed by atoms with van der Waals surface area (Å²) in [6.45, 7) is 1.59. The van der Waals surface area contributed by atoms with Crippen molar-refractivity contribution >= 4 is 47.6 Å². The number of hydrogen-bond donors (Lipinski definition) is 2. The van der Waals surface area contributed by atoms with Crippen LogP contribution >= 0.6 is 31.9 Å². The fourth-order valence-electron chi connectivity index (χ4n) is 1.85. The van der Waals surface area contributed by atoms with Crippen molar-refractivity contribution < 1.29 is 13.5 Å². The molecule has 2 aromatic carbocycles. The first-order chi connectivity index (χ1) is 9.81. The molecule has 0 aliphatic heterocycles. The minimum atomic E-state index is -3.75. The van der Waals surface area contributed by atoms with Gasteiger partial charge in [-0.25, -0.2) is 8.42 Å². The number of sulfonamides is 1. The summed E-state index contributed by atoms with van der Waals surface area (Å²) in [4.78, 5) is 0.131. The zero-order valence-electron chi connectivity index (χ0n) is 11.0. The van der Waals surface area contributed by atoms with Crippen molar-refractivity contribution in [2.45, 2.75) is 17.9 Å². The van der Waals surface area contributed by atoms with E-state index in [1.54, 1.807) is 43.3 Å². The minimum absolute atomic E-state index is 0.131. The first-order valence-corrected chi connectivity index (χ1v) is 9.13. The monoisotopic (exact) mass is 433 g/mol. The van der Waals surface area contributed by atoms with E-state index in [0.29, 0.717) is 15.7 Å². The van der Waals surface area contributed by atoms with Crippen LogP contribution in [0.2, 0.25) is 0 Å². The molecule has 0 saturated carbocycles. The van der Waals surface area contributed by atoms with Gasteiger partial charge in [0.2, 0.25) is 0 Å². The van der Waals surface area contributed by atoms with Gasteiger partial charge in [-0.2, -0.15) is 0 Å². The number of halogens is 2. The molecule has 7 heteroatoms. The highest BCUT2D eigenvalue weighted by Gasteiger charge is 2.20. The molecule has 0 heterocycles. The first-order valence-electron chi connectivity index (χ1n) is 6.06. The number of anilines is 1. The van der Waals surface area contributed by atoms with Crippen LogP contribution in [-0.2, 0) is 10.0 Å². The van der Waals surface area contributed by atoms with Crippen LogP contribution in [0.5, 0.6) is 0 Å². The van der Waals surface area contributed by atoms with Crippen LogP contribution in [-0.4, -0.2) is 13.5 Å². The van der Waals surface area contributed by atoms with Crippen LogP contribution in [0.3, 0.4) is 0 Å². The minimum Gasteiger partial charge on any atom is -0.389 e.